The summed E-state index contributed by atoms with van der Waals surface area (Å²) in [5.74, 6) is -14.2. The van der Waals surface area contributed by atoms with Gasteiger partial charge < -0.3 is 84.1 Å². The van der Waals surface area contributed by atoms with Crippen molar-refractivity contribution in [3.8, 4) is 5.75 Å². The average molecular weight is 1200 g/mol. The summed E-state index contributed by atoms with van der Waals surface area (Å²) in [5.41, 5.74) is 7.21. The van der Waals surface area contributed by atoms with E-state index >= 15 is 0 Å². The summed E-state index contributed by atoms with van der Waals surface area (Å²) in [7, 11) is 0. The summed E-state index contributed by atoms with van der Waals surface area (Å²) in [6.45, 7) is 1.89. The number of imidazole rings is 1. The Morgan fingerprint density at radius 1 is 0.518 bits per heavy atom. The Morgan fingerprint density at radius 3 is 1.40 bits per heavy atom. The molecule has 17 N–H and O–H groups in total. The molecule has 30 heteroatoms. The molecule has 0 fully saturated rings. The number of aromatic hydroxyl groups is 1. The molecule has 0 spiro atoms. The van der Waals surface area contributed by atoms with Gasteiger partial charge in [-0.05, 0) is 61.1 Å². The molecule has 3 aromatic carbocycles. The van der Waals surface area contributed by atoms with E-state index in [0.717, 1.165) is 6.92 Å². The van der Waals surface area contributed by atoms with Gasteiger partial charge in [-0.1, -0.05) is 72.8 Å². The smallest absolute Gasteiger partial charge is 0.326 e. The number of aliphatic hydroxyl groups is 1. The minimum absolute atomic E-state index is 0.0238. The number of rotatable bonds is 35. The predicted octanol–water partition coefficient (Wildman–Crippen LogP) is -3.10. The fourth-order valence-corrected chi connectivity index (χ4v) is 8.69. The zero-order valence-electron chi connectivity index (χ0n) is 46.4. The molecule has 1 aromatic heterocycles. The summed E-state index contributed by atoms with van der Waals surface area (Å²) in [6.07, 6.45) is -0.542. The Kier molecular flexibility index (Phi) is 27.4. The third-order valence-corrected chi connectivity index (χ3v) is 13.4. The molecular weight excluding hydrogens is 1130 g/mol. The second-order valence-electron chi connectivity index (χ2n) is 19.5. The van der Waals surface area contributed by atoms with Gasteiger partial charge in [0.15, 0.2) is 0 Å². The zero-order chi connectivity index (χ0) is 62.8. The summed E-state index contributed by atoms with van der Waals surface area (Å²) in [6, 6.07) is 6.78. The van der Waals surface area contributed by atoms with Crippen molar-refractivity contribution in [1.82, 2.24) is 57.8 Å². The molecule has 1 heterocycles. The van der Waals surface area contributed by atoms with Crippen LogP contribution in [-0.4, -0.2) is 186 Å². The van der Waals surface area contributed by atoms with E-state index in [4.69, 9.17) is 5.73 Å². The van der Waals surface area contributed by atoms with Crippen LogP contribution in [0.25, 0.3) is 0 Å². The number of nitrogens with zero attached hydrogens (tertiary/aromatic N) is 1. The monoisotopic (exact) mass is 1200 g/mol. The van der Waals surface area contributed by atoms with E-state index in [2.05, 4.69) is 57.8 Å². The number of hydrogen-bond acceptors (Lipinski definition) is 17. The number of hydrogen-bond donors (Lipinski definition) is 16. The number of phenols is 1. The molecule has 29 nitrogen and oxygen atoms in total. The molecular formula is C55H70N12O17S. The first kappa shape index (κ1) is 68.1. The number of benzene rings is 3. The molecule has 9 amide bonds. The van der Waals surface area contributed by atoms with Crippen LogP contribution in [0.5, 0.6) is 5.75 Å². The number of nitrogens with two attached hydrogens (primary N) is 1. The van der Waals surface area contributed by atoms with E-state index in [1.165, 1.54) is 55.5 Å². The SMILES string of the molecule is CSCC[C@H](NC(=O)[C@H](C)NC(=O)[C@H](Cc1ccc(O)cc1)NC(=O)[C@H](CC(=O)O)NC(=O)[C@H](CC(=O)O)NC(=O)[C@H](Cc1ccccc1)NC(=O)[C@@H](NC(=O)[C@H](Cc1ccccc1)NC(=O)CN)[C@@H](C)O)C(=O)N[C@@H](Cc1cnc[nH]1)C(=O)O. The number of thioether (sulfide) groups is 1. The fraction of sp³-hybridized carbons (Fsp3) is 0.400. The molecule has 10 atom stereocenters. The summed E-state index contributed by atoms with van der Waals surface area (Å²) >= 11 is 1.32. The molecule has 0 aliphatic rings. The van der Waals surface area contributed by atoms with E-state index in [1.807, 2.05) is 0 Å². The van der Waals surface area contributed by atoms with Gasteiger partial charge in [-0.25, -0.2) is 9.78 Å². The first-order valence-corrected chi connectivity index (χ1v) is 27.9. The maximum Gasteiger partial charge on any atom is 0.326 e. The first-order chi connectivity index (χ1) is 40.4. The van der Waals surface area contributed by atoms with Crippen molar-refractivity contribution >= 4 is 82.8 Å². The van der Waals surface area contributed by atoms with Crippen LogP contribution in [0.1, 0.15) is 55.5 Å². The molecule has 0 radical (unpaired) electrons. The summed E-state index contributed by atoms with van der Waals surface area (Å²) in [5, 5.41) is 71.7. The third kappa shape index (κ3) is 23.4. The standard InChI is InChI=1S/C55H70N12O17S/c1-29(47(75)61-36(18-19-85-3)48(76)66-42(55(83)84)23-34-27-57-28-58-34)59-49(77)38(22-33-14-16-35(69)17-15-33)62-51(79)40(24-44(71)72)64-52(80)41(25-45(73)74)63-50(78)39(21-32-12-8-5-9-13-32)65-54(82)46(30(2)68)67-53(81)37(60-43(70)26-56)20-31-10-6-4-7-11-31/h4-17,27-30,36-42,46,68-69H,18-26,56H2,1-3H3,(H,57,58)(H,59,77)(H,60,70)(H,61,75)(H,62,79)(H,63,78)(H,64,80)(H,65,82)(H,66,76)(H,67,81)(H,71,72)(H,73,74)(H,83,84)/t29-,30+,36-,37-,38-,39-,40-,41-,42-,46-/m0/s1. The van der Waals surface area contributed by atoms with Crippen molar-refractivity contribution in [3.63, 3.8) is 0 Å². The number of phenolic OH excluding ortho intramolecular Hbond substituents is 1. The van der Waals surface area contributed by atoms with Crippen LogP contribution in [0, 0.1) is 0 Å². The van der Waals surface area contributed by atoms with E-state index < -0.39 is 157 Å². The predicted molar refractivity (Wildman–Crippen MR) is 303 cm³/mol. The van der Waals surface area contributed by atoms with Gasteiger partial charge in [0.25, 0.3) is 0 Å². The fourth-order valence-electron chi connectivity index (χ4n) is 8.22. The number of carbonyl (C=O) groups excluding carboxylic acids is 9. The molecule has 4 rings (SSSR count). The highest BCUT2D eigenvalue weighted by molar-refractivity contribution is 7.98. The number of nitrogens with one attached hydrogen (secondary N) is 10. The molecule has 0 bridgehead atoms. The quantitative estimate of drug-likeness (QED) is 0.0217. The number of amides is 9. The lowest BCUT2D eigenvalue weighted by Gasteiger charge is -2.28. The number of carboxylic acid groups (broad SMARTS) is 3. The summed E-state index contributed by atoms with van der Waals surface area (Å²) < 4.78 is 0. The maximum absolute atomic E-state index is 14.3. The minimum atomic E-state index is -2.11. The molecule has 458 valence electrons. The lowest BCUT2D eigenvalue weighted by molar-refractivity contribution is -0.143. The highest BCUT2D eigenvalue weighted by atomic mass is 32.2. The van der Waals surface area contributed by atoms with Gasteiger partial charge in [0.1, 0.15) is 60.1 Å². The first-order valence-electron chi connectivity index (χ1n) is 26.5. The van der Waals surface area contributed by atoms with Crippen LogP contribution in [0.4, 0.5) is 0 Å². The Labute approximate surface area is 491 Å². The van der Waals surface area contributed by atoms with Crippen LogP contribution in [0.2, 0.25) is 0 Å². The van der Waals surface area contributed by atoms with Gasteiger partial charge in [-0.2, -0.15) is 11.8 Å². The van der Waals surface area contributed by atoms with E-state index in [-0.39, 0.29) is 31.4 Å². The maximum atomic E-state index is 14.3. The Bertz CT molecular complexity index is 2940. The number of H-pyrrole nitrogens is 1. The van der Waals surface area contributed by atoms with Crippen LogP contribution in [0.3, 0.4) is 0 Å². The molecule has 0 saturated carbocycles. The van der Waals surface area contributed by atoms with Crippen LogP contribution in [-0.2, 0) is 83.2 Å². The molecule has 85 heavy (non-hydrogen) atoms. The highest BCUT2D eigenvalue weighted by Gasteiger charge is 2.37. The van der Waals surface area contributed by atoms with Gasteiger partial charge in [0, 0.05) is 37.6 Å². The second kappa shape index (κ2) is 34.2. The number of aliphatic carboxylic acids is 3. The normalized spacial score (nSPS) is 14.5. The van der Waals surface area contributed by atoms with Crippen molar-refractivity contribution in [1.29, 1.82) is 0 Å². The number of aliphatic hydroxyl groups excluding tert-OH is 1. The van der Waals surface area contributed by atoms with Crippen molar-refractivity contribution in [2.24, 2.45) is 5.73 Å². The average Bonchev–Trinajstić information content (AvgIpc) is 4.14. The zero-order valence-corrected chi connectivity index (χ0v) is 47.3. The number of aromatic amines is 1. The second-order valence-corrected chi connectivity index (χ2v) is 20.5. The van der Waals surface area contributed by atoms with Gasteiger partial charge in [-0.15, -0.1) is 0 Å². The molecule has 0 saturated heterocycles. The Balaban J connectivity index is 1.57. The van der Waals surface area contributed by atoms with Crippen LogP contribution >= 0.6 is 11.8 Å². The number of carbonyl (C=O) groups is 12. The molecule has 4 aromatic rings. The van der Waals surface area contributed by atoms with Crippen molar-refractivity contribution in [3.05, 3.63) is 120 Å². The van der Waals surface area contributed by atoms with Crippen molar-refractivity contribution < 1.29 is 83.1 Å². The lowest BCUT2D eigenvalue weighted by atomic mass is 10.0. The number of aromatic nitrogens is 2. The Hall–Kier alpha value is -9.42. The summed E-state index contributed by atoms with van der Waals surface area (Å²) in [4.78, 5) is 167. The van der Waals surface area contributed by atoms with E-state index in [9.17, 15) is 83.1 Å². The van der Waals surface area contributed by atoms with Crippen molar-refractivity contribution in [2.45, 2.75) is 119 Å². The Morgan fingerprint density at radius 2 is 0.941 bits per heavy atom. The van der Waals surface area contributed by atoms with Gasteiger partial charge in [0.05, 0.1) is 31.8 Å². The minimum Gasteiger partial charge on any atom is -0.508 e. The van der Waals surface area contributed by atoms with Gasteiger partial charge >= 0.3 is 17.9 Å². The van der Waals surface area contributed by atoms with Crippen LogP contribution < -0.4 is 53.6 Å². The van der Waals surface area contributed by atoms with Gasteiger partial charge in [-0.3, -0.25) is 52.7 Å². The molecule has 0 unspecified atom stereocenters. The van der Waals surface area contributed by atoms with E-state index in [1.54, 1.807) is 66.9 Å². The van der Waals surface area contributed by atoms with Gasteiger partial charge in [0.2, 0.25) is 53.2 Å². The topological polar surface area (TPSA) is 469 Å². The molecule has 0 aliphatic carbocycles. The lowest BCUT2D eigenvalue weighted by Crippen LogP contribution is -2.62. The molecule has 0 aliphatic heterocycles. The third-order valence-electron chi connectivity index (χ3n) is 12.7. The highest BCUT2D eigenvalue weighted by Crippen LogP contribution is 2.14. The van der Waals surface area contributed by atoms with Crippen molar-refractivity contribution in [2.75, 3.05) is 18.6 Å². The van der Waals surface area contributed by atoms with E-state index in [0.29, 0.717) is 28.1 Å². The largest absolute Gasteiger partial charge is 0.508 e. The number of carboxylic acids is 3. The van der Waals surface area contributed by atoms with Crippen LogP contribution in [0.15, 0.2) is 97.5 Å².